The number of primary sulfonamides is 1. The predicted molar refractivity (Wildman–Crippen MR) is 403 cm³/mol. The molecule has 0 unspecified atom stereocenters. The van der Waals surface area contributed by atoms with E-state index in [1.165, 1.54) is 25.7 Å². The fourth-order valence-corrected chi connectivity index (χ4v) is 30.0. The monoisotopic (exact) mass is 1510 g/mol. The van der Waals surface area contributed by atoms with Gasteiger partial charge < -0.3 is 35.7 Å². The minimum Gasteiger partial charge on any atom is -0.481 e. The number of carboxylic acids is 1. The van der Waals surface area contributed by atoms with Crippen molar-refractivity contribution in [2.24, 2.45) is 162 Å². The Morgan fingerprint density at radius 2 is 0.621 bits per heavy atom. The maximum absolute atomic E-state index is 12.1. The average molecular weight is 1510 g/mol. The van der Waals surface area contributed by atoms with Gasteiger partial charge in [0, 0.05) is 19.3 Å². The normalized spacial score (nSPS) is 46.8. The van der Waals surface area contributed by atoms with Crippen molar-refractivity contribution in [3.8, 4) is 0 Å². The van der Waals surface area contributed by atoms with Crippen LogP contribution < -0.4 is 14.6 Å². The Kier molecular flexibility index (Phi) is 26.7. The lowest BCUT2D eigenvalue weighted by Crippen LogP contribution is -2.62. The van der Waals surface area contributed by atoms with Crippen molar-refractivity contribution in [3.63, 3.8) is 0 Å². The molecule has 12 fully saturated rings. The number of fused-ring (bicyclic) bond motifs is 15. The lowest BCUT2D eigenvalue weighted by atomic mass is 9.41. The molecule has 12 aliphatic rings. The summed E-state index contributed by atoms with van der Waals surface area (Å²) >= 11 is 0. The summed E-state index contributed by atoms with van der Waals surface area (Å²) in [4.78, 5) is 35.3. The van der Waals surface area contributed by atoms with Gasteiger partial charge in [-0.3, -0.25) is 23.8 Å². The fraction of sp³-hybridized carbons (Fsp3) is 0.963. The van der Waals surface area contributed by atoms with Crippen molar-refractivity contribution >= 4 is 47.9 Å². The van der Waals surface area contributed by atoms with Gasteiger partial charge in [0.2, 0.25) is 41.9 Å². The number of rotatable bonds is 17. The van der Waals surface area contributed by atoms with Crippen molar-refractivity contribution in [1.29, 1.82) is 0 Å². The molecule has 22 heteroatoms. The highest BCUT2D eigenvalue weighted by atomic mass is 32.2. The van der Waals surface area contributed by atoms with E-state index >= 15 is 0 Å². The number of carbonyl (C=O) groups excluding carboxylic acids is 2. The minimum absolute atomic E-state index is 0.157. The summed E-state index contributed by atoms with van der Waals surface area (Å²) in [5, 5.41) is 80.1. The molecule has 0 spiro atoms. The molecule has 0 aromatic carbocycles. The van der Waals surface area contributed by atoms with Crippen LogP contribution in [-0.4, -0.2) is 134 Å². The van der Waals surface area contributed by atoms with Gasteiger partial charge >= 0.3 is 5.97 Å². The van der Waals surface area contributed by atoms with E-state index in [2.05, 4.69) is 97.7 Å². The van der Waals surface area contributed by atoms with E-state index in [0.29, 0.717) is 125 Å². The molecule has 0 saturated heterocycles. The SMILES string of the molecule is CC[C@H]1[C@@H](O)[C@@H]2[C@H](CC[C@]3(C)[C@@H]([C@H](C)CCC(=O)NS(C)(=O)=O)CC[C@@H]23)[C@@]2(C)CC[C@@H](O)C[C@@H]12.CC[C@H]1[C@@H](O)[C@@H]2[C@H](CC[C@]3(C)[C@@H]([C@H](C)CCC(=O)NS(C)(=O)=O)CC[C@@H]23)[C@@]2(C)CC[C@@H](O)C[C@@H]12.CC[C@H]1[C@@H](O)[C@@H]2[C@H](CC[C@]3(C)[C@@H]([C@H](C)CCC(=O)O)CC[C@@H]23)[C@@]2(C)CC[C@@H](O)C[C@@H]12.CS(N)(=O)=O. The number of amides is 2. The molecule has 19 nitrogen and oxygen atoms in total. The third-order valence-electron chi connectivity index (χ3n) is 33.5. The van der Waals surface area contributed by atoms with Crippen LogP contribution >= 0.6 is 0 Å². The molecule has 12 aliphatic carbocycles. The summed E-state index contributed by atoms with van der Waals surface area (Å²) in [5.41, 5.74) is 1.21. The average Bonchev–Trinajstić information content (AvgIpc) is 1.71. The number of aliphatic hydroxyl groups is 6. The first-order chi connectivity index (χ1) is 47.8. The lowest BCUT2D eigenvalue weighted by molar-refractivity contribution is -0.203. The highest BCUT2D eigenvalue weighted by Crippen LogP contribution is 2.73. The molecule has 0 aromatic heterocycles. The number of nitrogens with two attached hydrogens (primary N) is 1. The van der Waals surface area contributed by atoms with E-state index in [9.17, 15) is 70.3 Å². The van der Waals surface area contributed by atoms with Gasteiger partial charge in [-0.1, -0.05) is 102 Å². The Morgan fingerprint density at radius 3 is 0.854 bits per heavy atom. The van der Waals surface area contributed by atoms with E-state index in [4.69, 9.17) is 5.11 Å². The smallest absolute Gasteiger partial charge is 0.303 e. The zero-order chi connectivity index (χ0) is 76.4. The van der Waals surface area contributed by atoms with Crippen LogP contribution in [0.2, 0.25) is 0 Å². The number of carboxylic acid groups (broad SMARTS) is 1. The van der Waals surface area contributed by atoms with Crippen LogP contribution in [0.4, 0.5) is 0 Å². The quantitative estimate of drug-likeness (QED) is 0.0647. The van der Waals surface area contributed by atoms with Crippen LogP contribution in [0, 0.1) is 157 Å². The molecule has 12 saturated carbocycles. The first kappa shape index (κ1) is 85.0. The summed E-state index contributed by atoms with van der Waals surface area (Å²) in [6.45, 7) is 28.1. The molecule has 11 N–H and O–H groups in total. The molecule has 0 bridgehead atoms. The molecule has 12 rings (SSSR count). The summed E-state index contributed by atoms with van der Waals surface area (Å²) in [6, 6.07) is 0. The van der Waals surface area contributed by atoms with Gasteiger partial charge in [0.1, 0.15) is 0 Å². The number of hydrogen-bond donors (Lipinski definition) is 10. The topological polar surface area (TPSA) is 345 Å². The van der Waals surface area contributed by atoms with Crippen molar-refractivity contribution in [2.75, 3.05) is 18.8 Å². The van der Waals surface area contributed by atoms with Gasteiger partial charge in [0.05, 0.1) is 55.4 Å². The number of hydrogen-bond acceptors (Lipinski definition) is 15. The predicted octanol–water partition coefficient (Wildman–Crippen LogP) is 12.2. The van der Waals surface area contributed by atoms with Gasteiger partial charge in [-0.15, -0.1) is 0 Å². The van der Waals surface area contributed by atoms with Crippen molar-refractivity contribution in [3.05, 3.63) is 0 Å². The first-order valence-electron chi connectivity index (χ1n) is 41.1. The second-order valence-electron chi connectivity index (χ2n) is 38.7. The summed E-state index contributed by atoms with van der Waals surface area (Å²) in [5.74, 6) is 7.46. The Balaban J connectivity index is 0.000000174. The Morgan fingerprint density at radius 1 is 0.388 bits per heavy atom. The fourth-order valence-electron chi connectivity index (χ4n) is 29.0. The summed E-state index contributed by atoms with van der Waals surface area (Å²) < 4.78 is 68.5. The van der Waals surface area contributed by atoms with Crippen LogP contribution in [-0.2, 0) is 44.5 Å². The maximum Gasteiger partial charge on any atom is 0.303 e. The third-order valence-corrected chi connectivity index (χ3v) is 34.7. The van der Waals surface area contributed by atoms with Gasteiger partial charge in [0.15, 0.2) is 0 Å². The van der Waals surface area contributed by atoms with E-state index in [-0.39, 0.29) is 100 Å². The van der Waals surface area contributed by atoms with Gasteiger partial charge in [-0.25, -0.2) is 30.4 Å². The first-order valence-corrected chi connectivity index (χ1v) is 46.8. The largest absolute Gasteiger partial charge is 0.481 e. The van der Waals surface area contributed by atoms with Crippen molar-refractivity contribution in [2.45, 2.75) is 312 Å². The van der Waals surface area contributed by atoms with Crippen molar-refractivity contribution < 1.29 is 75.4 Å². The number of aliphatic carboxylic acids is 1. The minimum atomic E-state index is -3.51. The highest BCUT2D eigenvalue weighted by molar-refractivity contribution is 7.89. The van der Waals surface area contributed by atoms with Gasteiger partial charge in [0.25, 0.3) is 0 Å². The molecule has 0 aromatic rings. The zero-order valence-corrected chi connectivity index (χ0v) is 68.4. The molecule has 0 heterocycles. The molecule has 2 amide bonds. The molecule has 596 valence electrons. The molecule has 103 heavy (non-hydrogen) atoms. The van der Waals surface area contributed by atoms with Gasteiger partial charge in [-0.05, 0) is 311 Å². The molecule has 0 aliphatic heterocycles. The van der Waals surface area contributed by atoms with Gasteiger partial charge in [-0.2, -0.15) is 0 Å². The summed E-state index contributed by atoms with van der Waals surface area (Å²) in [6.07, 6.45) is 29.8. The molecule has 0 radical (unpaired) electrons. The zero-order valence-electron chi connectivity index (χ0n) is 65.9. The second kappa shape index (κ2) is 32.4. The Labute approximate surface area is 622 Å². The van der Waals surface area contributed by atoms with Crippen LogP contribution in [0.3, 0.4) is 0 Å². The molecular formula is C81H143N3O16S3. The van der Waals surface area contributed by atoms with E-state index in [1.807, 2.05) is 0 Å². The van der Waals surface area contributed by atoms with E-state index < -0.39 is 47.9 Å². The molecule has 33 atom stereocenters. The Bertz CT molecular complexity index is 3140. The highest BCUT2D eigenvalue weighted by Gasteiger charge is 2.69. The second-order valence-corrected chi connectivity index (χ2v) is 43.9. The standard InChI is InChI=1S/2C27H47NO5S.C26H44O4.CH5NO2S/c2*1-6-18-22-15-17(29)11-13-27(22,4)21-12-14-26(3)19(8-9-20(26)24(21)25(18)31)16(2)7-10-23(30)28-34(5,32)33;1-5-17-21-14-16(27)10-12-26(21,4)20-11-13-25(3)18(15(2)6-9-22(28)29)7-8-19(25)23(20)24(17)30;1-5(2,3)4/h2*16-22,24-25,29,31H,6-15H2,1-5H3,(H,28,30);15-21,23-24,27,30H,5-14H2,1-4H3,(H,28,29);1H3,(H2,2,3,4)/t2*16-,17-,18-,19-,20+,21+,22+,24+,25-,26-,27-;15-,16-,17-,18-,19+,20+,21+,23+,24-,25-,26-;/m111./s1. The number of nitrogens with one attached hydrogen (secondary N) is 2. The maximum atomic E-state index is 12.1. The molecular weight excluding hydrogens is 1370 g/mol. The van der Waals surface area contributed by atoms with Crippen LogP contribution in [0.5, 0.6) is 0 Å². The summed E-state index contributed by atoms with van der Waals surface area (Å²) in [7, 11) is -10.2. The number of aliphatic hydroxyl groups excluding tert-OH is 6. The number of sulfonamides is 3. The van der Waals surface area contributed by atoms with Crippen molar-refractivity contribution in [1.82, 2.24) is 9.44 Å². The number of carbonyl (C=O) groups is 3. The third kappa shape index (κ3) is 17.2. The van der Waals surface area contributed by atoms with E-state index in [0.717, 1.165) is 154 Å². The van der Waals surface area contributed by atoms with Crippen LogP contribution in [0.1, 0.15) is 276 Å². The van der Waals surface area contributed by atoms with Crippen LogP contribution in [0.15, 0.2) is 0 Å². The lowest BCUT2D eigenvalue weighted by Gasteiger charge is -2.64. The van der Waals surface area contributed by atoms with E-state index in [1.54, 1.807) is 0 Å². The Hall–Kier alpha value is -2.02. The van der Waals surface area contributed by atoms with Crippen LogP contribution in [0.25, 0.3) is 0 Å².